The molecule has 1 aliphatic carbocycles. The number of carbonyl (C=O) groups excluding carboxylic acids is 2. The fourth-order valence-electron chi connectivity index (χ4n) is 4.48. The molecule has 0 bridgehead atoms. The van der Waals surface area contributed by atoms with Gasteiger partial charge < -0.3 is 15.0 Å². The molecule has 0 heterocycles. The van der Waals surface area contributed by atoms with Crippen LogP contribution in [0.1, 0.15) is 55.7 Å². The van der Waals surface area contributed by atoms with Gasteiger partial charge in [-0.25, -0.2) is 0 Å². The van der Waals surface area contributed by atoms with E-state index < -0.39 is 6.04 Å². The molecule has 6 heteroatoms. The maximum absolute atomic E-state index is 13.3. The molecule has 3 rings (SSSR count). The number of benzene rings is 2. The number of rotatable bonds is 10. The quantitative estimate of drug-likeness (QED) is 0.464. The summed E-state index contributed by atoms with van der Waals surface area (Å²) in [4.78, 5) is 28.2. The maximum atomic E-state index is 13.3. The van der Waals surface area contributed by atoms with Gasteiger partial charge in [-0.15, -0.1) is 0 Å². The first-order valence-electron chi connectivity index (χ1n) is 11.9. The molecule has 1 N–H and O–H groups in total. The van der Waals surface area contributed by atoms with E-state index in [0.717, 1.165) is 46.8 Å². The van der Waals surface area contributed by atoms with Gasteiger partial charge in [-0.1, -0.05) is 66.0 Å². The van der Waals surface area contributed by atoms with Gasteiger partial charge in [0.25, 0.3) is 5.91 Å². The van der Waals surface area contributed by atoms with Crippen LogP contribution in [-0.2, 0) is 16.0 Å². The zero-order chi connectivity index (χ0) is 23.8. The molecule has 1 atom stereocenters. The molecule has 2 aromatic carbocycles. The predicted molar refractivity (Wildman–Crippen MR) is 135 cm³/mol. The summed E-state index contributed by atoms with van der Waals surface area (Å²) in [5, 5.41) is 3.18. The highest BCUT2D eigenvalue weighted by Crippen LogP contribution is 2.26. The summed E-state index contributed by atoms with van der Waals surface area (Å²) in [6.45, 7) is 6.34. The van der Waals surface area contributed by atoms with Crippen LogP contribution in [0.3, 0.4) is 0 Å². The third-order valence-corrected chi connectivity index (χ3v) is 7.59. The number of amides is 2. The highest BCUT2D eigenvalue weighted by atomic mass is 79.9. The molecule has 1 aliphatic rings. The van der Waals surface area contributed by atoms with Crippen molar-refractivity contribution in [1.82, 2.24) is 10.2 Å². The first-order chi connectivity index (χ1) is 15.9. The van der Waals surface area contributed by atoms with E-state index in [1.807, 2.05) is 63.2 Å². The fraction of sp³-hybridized carbons (Fsp3) is 0.481. The van der Waals surface area contributed by atoms with Crippen LogP contribution in [0.5, 0.6) is 5.75 Å². The minimum Gasteiger partial charge on any atom is -0.484 e. The van der Waals surface area contributed by atoms with Gasteiger partial charge in [0.05, 0.1) is 0 Å². The molecular weight excluding hydrogens is 480 g/mol. The Morgan fingerprint density at radius 3 is 2.36 bits per heavy atom. The van der Waals surface area contributed by atoms with Gasteiger partial charge in [0.1, 0.15) is 11.8 Å². The van der Waals surface area contributed by atoms with Crippen LogP contribution in [0.25, 0.3) is 0 Å². The monoisotopic (exact) mass is 514 g/mol. The first-order valence-corrected chi connectivity index (χ1v) is 12.7. The summed E-state index contributed by atoms with van der Waals surface area (Å²) in [6.07, 6.45) is 5.60. The molecule has 1 unspecified atom stereocenters. The van der Waals surface area contributed by atoms with Gasteiger partial charge in [-0.3, -0.25) is 9.59 Å². The first kappa shape index (κ1) is 25.3. The Kier molecular flexibility index (Phi) is 9.36. The Labute approximate surface area is 206 Å². The van der Waals surface area contributed by atoms with Crippen LogP contribution in [0.15, 0.2) is 46.9 Å². The SMILES string of the molecule is CCC(C(=O)NC1CCCC1)N(CCc1ccccc1)C(=O)COc1cc(C)c(Br)c(C)c1. The molecule has 1 fully saturated rings. The van der Waals surface area contributed by atoms with Crippen LogP contribution >= 0.6 is 15.9 Å². The fourth-order valence-corrected chi connectivity index (χ4v) is 4.71. The van der Waals surface area contributed by atoms with Crippen molar-refractivity contribution >= 4 is 27.7 Å². The molecule has 0 aromatic heterocycles. The van der Waals surface area contributed by atoms with Crippen molar-refractivity contribution < 1.29 is 14.3 Å². The number of nitrogens with one attached hydrogen (secondary N) is 1. The summed E-state index contributed by atoms with van der Waals surface area (Å²) in [5.74, 6) is 0.437. The molecule has 2 amide bonds. The third kappa shape index (κ3) is 7.07. The lowest BCUT2D eigenvalue weighted by atomic mass is 10.1. The summed E-state index contributed by atoms with van der Waals surface area (Å²) in [7, 11) is 0. The van der Waals surface area contributed by atoms with Crippen LogP contribution < -0.4 is 10.1 Å². The lowest BCUT2D eigenvalue weighted by molar-refractivity contribution is -0.142. The second kappa shape index (κ2) is 12.2. The van der Waals surface area contributed by atoms with Crippen molar-refractivity contribution in [2.45, 2.75) is 71.4 Å². The van der Waals surface area contributed by atoms with Crippen LogP contribution in [-0.4, -0.2) is 41.9 Å². The third-order valence-electron chi connectivity index (χ3n) is 6.34. The molecule has 5 nitrogen and oxygen atoms in total. The van der Waals surface area contributed by atoms with E-state index in [2.05, 4.69) is 21.2 Å². The number of nitrogens with zero attached hydrogens (tertiary/aromatic N) is 1. The Morgan fingerprint density at radius 1 is 1.12 bits per heavy atom. The van der Waals surface area contributed by atoms with Gasteiger partial charge >= 0.3 is 0 Å². The van der Waals surface area contributed by atoms with Crippen LogP contribution in [0.2, 0.25) is 0 Å². The van der Waals surface area contributed by atoms with Gasteiger partial charge in [0.2, 0.25) is 5.91 Å². The predicted octanol–water partition coefficient (Wildman–Crippen LogP) is 5.35. The highest BCUT2D eigenvalue weighted by molar-refractivity contribution is 9.10. The number of ether oxygens (including phenoxy) is 1. The van der Waals surface area contributed by atoms with E-state index >= 15 is 0 Å². The number of carbonyl (C=O) groups is 2. The summed E-state index contributed by atoms with van der Waals surface area (Å²) in [5.41, 5.74) is 3.25. The van der Waals surface area contributed by atoms with E-state index in [9.17, 15) is 9.59 Å². The Bertz CT molecular complexity index is 919. The van der Waals surface area contributed by atoms with Crippen molar-refractivity contribution in [1.29, 1.82) is 0 Å². The lowest BCUT2D eigenvalue weighted by Crippen LogP contribution is -2.52. The Balaban J connectivity index is 1.72. The number of halogens is 1. The van der Waals surface area contributed by atoms with E-state index in [1.54, 1.807) is 4.90 Å². The average molecular weight is 515 g/mol. The van der Waals surface area contributed by atoms with Gasteiger partial charge in [0.15, 0.2) is 6.61 Å². The molecule has 0 aliphatic heterocycles. The number of hydrogen-bond donors (Lipinski definition) is 1. The summed E-state index contributed by atoms with van der Waals surface area (Å²) in [6, 6.07) is 13.6. The molecule has 33 heavy (non-hydrogen) atoms. The van der Waals surface area contributed by atoms with Gasteiger partial charge in [-0.2, -0.15) is 0 Å². The minimum atomic E-state index is -0.501. The minimum absolute atomic E-state index is 0.0545. The van der Waals surface area contributed by atoms with E-state index in [0.29, 0.717) is 25.1 Å². The average Bonchev–Trinajstić information content (AvgIpc) is 3.32. The molecular formula is C27H35BrN2O3. The van der Waals surface area contributed by atoms with Crippen molar-refractivity contribution in [3.8, 4) is 5.75 Å². The van der Waals surface area contributed by atoms with Crippen LogP contribution in [0.4, 0.5) is 0 Å². The summed E-state index contributed by atoms with van der Waals surface area (Å²) >= 11 is 3.56. The molecule has 2 aromatic rings. The lowest BCUT2D eigenvalue weighted by Gasteiger charge is -2.31. The molecule has 1 saturated carbocycles. The van der Waals surface area contributed by atoms with E-state index in [4.69, 9.17) is 4.74 Å². The van der Waals surface area contributed by atoms with Crippen molar-refractivity contribution in [2.75, 3.05) is 13.2 Å². The second-order valence-electron chi connectivity index (χ2n) is 8.90. The maximum Gasteiger partial charge on any atom is 0.261 e. The standard InChI is InChI=1S/C27H35BrN2O3/c1-4-24(27(32)29-22-12-8-9-13-22)30(15-14-21-10-6-5-7-11-21)25(31)18-33-23-16-19(2)26(28)20(3)17-23/h5-7,10-11,16-17,22,24H,4,8-9,12-15,18H2,1-3H3,(H,29,32). The second-order valence-corrected chi connectivity index (χ2v) is 9.69. The Morgan fingerprint density at radius 2 is 1.76 bits per heavy atom. The van der Waals surface area contributed by atoms with Crippen molar-refractivity contribution in [2.24, 2.45) is 0 Å². The van der Waals surface area contributed by atoms with Crippen molar-refractivity contribution in [3.05, 3.63) is 63.6 Å². The van der Waals surface area contributed by atoms with E-state index in [-0.39, 0.29) is 24.5 Å². The number of aryl methyl sites for hydroxylation is 2. The zero-order valence-electron chi connectivity index (χ0n) is 19.9. The highest BCUT2D eigenvalue weighted by Gasteiger charge is 2.30. The summed E-state index contributed by atoms with van der Waals surface area (Å²) < 4.78 is 6.92. The van der Waals surface area contributed by atoms with Gasteiger partial charge in [-0.05, 0) is 68.4 Å². The number of hydrogen-bond acceptors (Lipinski definition) is 3. The van der Waals surface area contributed by atoms with E-state index in [1.165, 1.54) is 0 Å². The smallest absolute Gasteiger partial charge is 0.261 e. The molecule has 0 spiro atoms. The van der Waals surface area contributed by atoms with Gasteiger partial charge in [0, 0.05) is 17.1 Å². The van der Waals surface area contributed by atoms with Crippen molar-refractivity contribution in [3.63, 3.8) is 0 Å². The molecule has 178 valence electrons. The normalized spacial score (nSPS) is 14.7. The molecule has 0 radical (unpaired) electrons. The Hall–Kier alpha value is -2.34. The van der Waals surface area contributed by atoms with Crippen LogP contribution in [0, 0.1) is 13.8 Å². The zero-order valence-corrected chi connectivity index (χ0v) is 21.5. The largest absolute Gasteiger partial charge is 0.484 e. The molecule has 0 saturated heterocycles. The topological polar surface area (TPSA) is 58.6 Å².